The molecule has 0 aliphatic heterocycles. The molecule has 0 radical (unpaired) electrons. The maximum Gasteiger partial charge on any atom is 0.265 e. The van der Waals surface area contributed by atoms with E-state index in [2.05, 4.69) is 22.9 Å². The van der Waals surface area contributed by atoms with Crippen LogP contribution in [0.2, 0.25) is 0 Å². The molecule has 2 aromatic rings. The van der Waals surface area contributed by atoms with E-state index >= 15 is 0 Å². The summed E-state index contributed by atoms with van der Waals surface area (Å²) >= 11 is 1.38. The van der Waals surface area contributed by atoms with Gasteiger partial charge >= 0.3 is 0 Å². The summed E-state index contributed by atoms with van der Waals surface area (Å²) in [6.07, 6.45) is 1.07. The summed E-state index contributed by atoms with van der Waals surface area (Å²) < 4.78 is 0. The van der Waals surface area contributed by atoms with Crippen LogP contribution >= 0.6 is 23.7 Å². The second-order valence-electron chi connectivity index (χ2n) is 5.02. The zero-order chi connectivity index (χ0) is 16.5. The molecule has 0 bridgehead atoms. The Balaban J connectivity index is 0.00000288. The van der Waals surface area contributed by atoms with Gasteiger partial charge in [0.15, 0.2) is 0 Å². The Labute approximate surface area is 152 Å². The van der Waals surface area contributed by atoms with E-state index in [4.69, 9.17) is 0 Å². The summed E-state index contributed by atoms with van der Waals surface area (Å²) in [5.74, 6) is -0.308. The summed E-state index contributed by atoms with van der Waals surface area (Å²) in [6, 6.07) is 10.5. The molecule has 0 spiro atoms. The van der Waals surface area contributed by atoms with Gasteiger partial charge in [0.2, 0.25) is 0 Å². The lowest BCUT2D eigenvalue weighted by Gasteiger charge is -2.08. The largest absolute Gasteiger partial charge is 0.351 e. The summed E-state index contributed by atoms with van der Waals surface area (Å²) in [7, 11) is 0. The van der Waals surface area contributed by atoms with Gasteiger partial charge in [-0.2, -0.15) is 0 Å². The summed E-state index contributed by atoms with van der Waals surface area (Å²) in [5.41, 5.74) is 1.14. The van der Waals surface area contributed by atoms with Crippen molar-refractivity contribution in [2.24, 2.45) is 0 Å². The molecule has 1 aromatic carbocycles. The third kappa shape index (κ3) is 6.31. The standard InChI is InChI=1S/C17H21N3O2S.ClH/c1-2-8-18-9-10-19-16(21)13-5-3-6-14(12-13)20-17(22)15-7-4-11-23-15;/h3-7,11-12,18H,2,8-10H2,1H3,(H,19,21)(H,20,22);1H. The molecule has 24 heavy (non-hydrogen) atoms. The first-order chi connectivity index (χ1) is 11.2. The molecule has 0 saturated heterocycles. The number of carbonyl (C=O) groups excluding carboxylic acids is 2. The van der Waals surface area contributed by atoms with Crippen LogP contribution in [0.4, 0.5) is 5.69 Å². The Kier molecular flexibility index (Phi) is 9.07. The van der Waals surface area contributed by atoms with Crippen LogP contribution in [0.5, 0.6) is 0 Å². The zero-order valence-corrected chi connectivity index (χ0v) is 15.1. The molecule has 1 heterocycles. The molecule has 3 N–H and O–H groups in total. The number of thiophene rings is 1. The number of anilines is 1. The fourth-order valence-corrected chi connectivity index (χ4v) is 2.63. The molecule has 0 unspecified atom stereocenters. The summed E-state index contributed by atoms with van der Waals surface area (Å²) in [6.45, 7) is 4.36. The van der Waals surface area contributed by atoms with Crippen molar-refractivity contribution < 1.29 is 9.59 Å². The number of hydrogen-bond donors (Lipinski definition) is 3. The first-order valence-electron chi connectivity index (χ1n) is 7.64. The van der Waals surface area contributed by atoms with Crippen molar-refractivity contribution in [3.63, 3.8) is 0 Å². The number of benzene rings is 1. The first-order valence-corrected chi connectivity index (χ1v) is 8.52. The third-order valence-electron chi connectivity index (χ3n) is 3.14. The number of carbonyl (C=O) groups is 2. The Bertz CT molecular complexity index is 647. The Morgan fingerprint density at radius 3 is 2.58 bits per heavy atom. The van der Waals surface area contributed by atoms with E-state index in [1.54, 1.807) is 30.3 Å². The average molecular weight is 368 g/mol. The van der Waals surface area contributed by atoms with Crippen molar-refractivity contribution in [1.29, 1.82) is 0 Å². The maximum absolute atomic E-state index is 12.1. The topological polar surface area (TPSA) is 70.2 Å². The lowest BCUT2D eigenvalue weighted by molar-refractivity contribution is 0.0952. The highest BCUT2D eigenvalue weighted by Crippen LogP contribution is 2.14. The minimum Gasteiger partial charge on any atom is -0.351 e. The molecule has 0 aliphatic carbocycles. The highest BCUT2D eigenvalue weighted by Gasteiger charge is 2.09. The van der Waals surface area contributed by atoms with Crippen molar-refractivity contribution in [2.75, 3.05) is 25.0 Å². The number of rotatable bonds is 8. The van der Waals surface area contributed by atoms with Crippen LogP contribution in [0.3, 0.4) is 0 Å². The molecule has 2 amide bonds. The van der Waals surface area contributed by atoms with Gasteiger partial charge in [0.1, 0.15) is 0 Å². The van der Waals surface area contributed by atoms with Crippen LogP contribution in [0.1, 0.15) is 33.4 Å². The normalized spacial score (nSPS) is 9.88. The van der Waals surface area contributed by atoms with E-state index in [0.29, 0.717) is 22.7 Å². The number of hydrogen-bond acceptors (Lipinski definition) is 4. The molecule has 130 valence electrons. The van der Waals surface area contributed by atoms with Crippen molar-refractivity contribution >= 4 is 41.2 Å². The monoisotopic (exact) mass is 367 g/mol. The summed E-state index contributed by atoms with van der Waals surface area (Å²) in [4.78, 5) is 24.8. The van der Waals surface area contributed by atoms with Crippen molar-refractivity contribution in [3.8, 4) is 0 Å². The molecular formula is C17H22ClN3O2S. The van der Waals surface area contributed by atoms with Gasteiger partial charge in [-0.15, -0.1) is 23.7 Å². The predicted octanol–water partition coefficient (Wildman–Crippen LogP) is 3.15. The average Bonchev–Trinajstić information content (AvgIpc) is 3.09. The predicted molar refractivity (Wildman–Crippen MR) is 101 cm³/mol. The van der Waals surface area contributed by atoms with Gasteiger partial charge in [0.25, 0.3) is 11.8 Å². The van der Waals surface area contributed by atoms with E-state index in [1.807, 2.05) is 11.4 Å². The number of amides is 2. The van der Waals surface area contributed by atoms with Crippen molar-refractivity contribution in [3.05, 3.63) is 52.2 Å². The van der Waals surface area contributed by atoms with E-state index in [0.717, 1.165) is 19.5 Å². The van der Waals surface area contributed by atoms with E-state index < -0.39 is 0 Å². The molecule has 2 rings (SSSR count). The minimum absolute atomic E-state index is 0. The molecule has 1 aromatic heterocycles. The molecule has 0 fully saturated rings. The quantitative estimate of drug-likeness (QED) is 0.628. The fraction of sp³-hybridized carbons (Fsp3) is 0.294. The molecule has 7 heteroatoms. The maximum atomic E-state index is 12.1. The van der Waals surface area contributed by atoms with Gasteiger partial charge in [-0.05, 0) is 42.6 Å². The van der Waals surface area contributed by atoms with Gasteiger partial charge in [0, 0.05) is 24.3 Å². The summed E-state index contributed by atoms with van der Waals surface area (Å²) in [5, 5.41) is 10.7. The second kappa shape index (κ2) is 10.8. The van der Waals surface area contributed by atoms with Gasteiger partial charge in [-0.25, -0.2) is 0 Å². The Morgan fingerprint density at radius 2 is 1.88 bits per heavy atom. The van der Waals surface area contributed by atoms with Gasteiger partial charge in [0.05, 0.1) is 4.88 Å². The van der Waals surface area contributed by atoms with E-state index in [9.17, 15) is 9.59 Å². The van der Waals surface area contributed by atoms with E-state index in [1.165, 1.54) is 11.3 Å². The number of nitrogens with one attached hydrogen (secondary N) is 3. The Morgan fingerprint density at radius 1 is 1.04 bits per heavy atom. The van der Waals surface area contributed by atoms with Crippen LogP contribution in [0.15, 0.2) is 41.8 Å². The van der Waals surface area contributed by atoms with Crippen LogP contribution in [-0.2, 0) is 0 Å². The SMILES string of the molecule is CCCNCCNC(=O)c1cccc(NC(=O)c2cccs2)c1.Cl. The molecular weight excluding hydrogens is 346 g/mol. The van der Waals surface area contributed by atoms with Crippen molar-refractivity contribution in [1.82, 2.24) is 10.6 Å². The lowest BCUT2D eigenvalue weighted by Crippen LogP contribution is -2.32. The molecule has 5 nitrogen and oxygen atoms in total. The fourth-order valence-electron chi connectivity index (χ4n) is 2.01. The zero-order valence-electron chi connectivity index (χ0n) is 13.5. The van der Waals surface area contributed by atoms with Crippen LogP contribution < -0.4 is 16.0 Å². The highest BCUT2D eigenvalue weighted by molar-refractivity contribution is 7.12. The van der Waals surface area contributed by atoms with E-state index in [-0.39, 0.29) is 24.2 Å². The molecule has 0 aliphatic rings. The van der Waals surface area contributed by atoms with Crippen molar-refractivity contribution in [2.45, 2.75) is 13.3 Å². The lowest BCUT2D eigenvalue weighted by atomic mass is 10.2. The van der Waals surface area contributed by atoms with Gasteiger partial charge in [-0.3, -0.25) is 9.59 Å². The minimum atomic E-state index is -0.165. The Hall–Kier alpha value is -1.89. The van der Waals surface area contributed by atoms with Gasteiger partial charge < -0.3 is 16.0 Å². The van der Waals surface area contributed by atoms with Crippen LogP contribution in [-0.4, -0.2) is 31.4 Å². The number of halogens is 1. The van der Waals surface area contributed by atoms with Gasteiger partial charge in [-0.1, -0.05) is 19.1 Å². The molecule has 0 atom stereocenters. The smallest absolute Gasteiger partial charge is 0.265 e. The van der Waals surface area contributed by atoms with Crippen LogP contribution in [0, 0.1) is 0 Å². The van der Waals surface area contributed by atoms with Crippen LogP contribution in [0.25, 0.3) is 0 Å². The molecule has 0 saturated carbocycles. The first kappa shape index (κ1) is 20.2. The third-order valence-corrected chi connectivity index (χ3v) is 4.01. The second-order valence-corrected chi connectivity index (χ2v) is 5.97. The highest BCUT2D eigenvalue weighted by atomic mass is 35.5.